The topological polar surface area (TPSA) is 61.8 Å². The number of thiocarbonyl (C=S) groups is 1. The maximum Gasteiger partial charge on any atom is 0.251 e. The van der Waals surface area contributed by atoms with Crippen LogP contribution in [0.2, 0.25) is 5.02 Å². The van der Waals surface area contributed by atoms with Crippen LogP contribution in [0.3, 0.4) is 0 Å². The number of hydrogen-bond acceptors (Lipinski definition) is 4. The van der Waals surface area contributed by atoms with Crippen LogP contribution < -0.4 is 10.2 Å². The lowest BCUT2D eigenvalue weighted by Gasteiger charge is -2.30. The Kier molecular flexibility index (Phi) is 5.50. The Morgan fingerprint density at radius 2 is 1.92 bits per heavy atom. The quantitative estimate of drug-likeness (QED) is 0.433. The van der Waals surface area contributed by atoms with Crippen molar-refractivity contribution in [3.05, 3.63) is 57.5 Å². The van der Waals surface area contributed by atoms with E-state index in [9.17, 15) is 9.59 Å². The summed E-state index contributed by atoms with van der Waals surface area (Å²) in [6, 6.07) is 12.4. The molecule has 1 saturated heterocycles. The number of benzene rings is 2. The summed E-state index contributed by atoms with van der Waals surface area (Å²) in [5.41, 5.74) is 2.18. The molecule has 2 amide bonds. The summed E-state index contributed by atoms with van der Waals surface area (Å²) >= 11 is 14.5. The van der Waals surface area contributed by atoms with E-state index in [0.717, 1.165) is 10.0 Å². The molecule has 1 N–H and O–H groups in total. The molecule has 0 spiro atoms. The molecule has 2 aromatic rings. The van der Waals surface area contributed by atoms with E-state index in [-0.39, 0.29) is 5.11 Å². The van der Waals surface area contributed by atoms with Gasteiger partial charge < -0.3 is 5.32 Å². The van der Waals surface area contributed by atoms with Crippen LogP contribution in [0.15, 0.2) is 51.9 Å². The largest absolute Gasteiger partial charge is 0.301 e. The van der Waals surface area contributed by atoms with Gasteiger partial charge in [-0.1, -0.05) is 29.3 Å². The maximum absolute atomic E-state index is 12.8. The Balaban J connectivity index is 1.88. The Morgan fingerprint density at radius 1 is 1.23 bits per heavy atom. The number of aryl methyl sites for hydroxylation is 1. The number of rotatable bonds is 3. The van der Waals surface area contributed by atoms with E-state index < -0.39 is 17.7 Å². The normalized spacial score (nSPS) is 17.7. The van der Waals surface area contributed by atoms with E-state index in [1.165, 1.54) is 11.1 Å². The lowest BCUT2D eigenvalue weighted by molar-refractivity contribution is -0.130. The van der Waals surface area contributed by atoms with Crippen molar-refractivity contribution in [3.8, 4) is 0 Å². The van der Waals surface area contributed by atoms with E-state index in [1.54, 1.807) is 30.3 Å². The van der Waals surface area contributed by atoms with Gasteiger partial charge >= 0.3 is 0 Å². The predicted molar refractivity (Wildman–Crippen MR) is 110 cm³/mol. The van der Waals surface area contributed by atoms with Gasteiger partial charge in [0, 0.05) is 10.7 Å². The fraction of sp³-hybridized carbons (Fsp3) is 0.111. The Morgan fingerprint density at radius 3 is 2.58 bits per heavy atom. The van der Waals surface area contributed by atoms with Gasteiger partial charge in [0.2, 0.25) is 5.91 Å². The summed E-state index contributed by atoms with van der Waals surface area (Å²) in [4.78, 5) is 30.6. The second-order valence-electron chi connectivity index (χ2n) is 5.66. The Hall–Kier alpha value is -2.09. The summed E-state index contributed by atoms with van der Waals surface area (Å²) in [5, 5.41) is 3.10. The van der Waals surface area contributed by atoms with E-state index >= 15 is 0 Å². The molecule has 0 radical (unpaired) electrons. The molecular formula is C18H13BrClN3O2S. The summed E-state index contributed by atoms with van der Waals surface area (Å²) in [6.07, 6.45) is 1.31. The first kappa shape index (κ1) is 18.7. The molecule has 0 saturated carbocycles. The maximum atomic E-state index is 12.8. The van der Waals surface area contributed by atoms with Gasteiger partial charge in [-0.05, 0) is 65.4 Å². The highest BCUT2D eigenvalue weighted by atomic mass is 79.9. The van der Waals surface area contributed by atoms with Gasteiger partial charge in [0.25, 0.3) is 5.91 Å². The third kappa shape index (κ3) is 3.85. The van der Waals surface area contributed by atoms with Gasteiger partial charge in [-0.15, -0.1) is 0 Å². The van der Waals surface area contributed by atoms with Gasteiger partial charge in [-0.25, -0.2) is 0 Å². The van der Waals surface area contributed by atoms with E-state index in [1.807, 2.05) is 19.1 Å². The highest BCUT2D eigenvalue weighted by Gasteiger charge is 2.38. The number of carbonyl (C=O) groups excluding carboxylic acids is 2. The highest BCUT2D eigenvalue weighted by Crippen LogP contribution is 2.27. The molecule has 132 valence electrons. The summed E-state index contributed by atoms with van der Waals surface area (Å²) < 4.78 is 0.737. The smallest absolute Gasteiger partial charge is 0.251 e. The first-order valence-electron chi connectivity index (χ1n) is 7.61. The predicted octanol–water partition coefficient (Wildman–Crippen LogP) is 4.18. The van der Waals surface area contributed by atoms with Crippen LogP contribution in [-0.2, 0) is 9.59 Å². The highest BCUT2D eigenvalue weighted by molar-refractivity contribution is 9.10. The van der Waals surface area contributed by atoms with Crippen LogP contribution in [0.5, 0.6) is 0 Å². The summed E-state index contributed by atoms with van der Waals surface area (Å²) in [6.45, 7) is 1.95. The number of anilines is 1. The Labute approximate surface area is 169 Å². The van der Waals surface area contributed by atoms with Crippen molar-refractivity contribution >= 4 is 74.3 Å². The second kappa shape index (κ2) is 7.65. The molecule has 1 fully saturated rings. The molecule has 1 aliphatic rings. The molecule has 0 aromatic heterocycles. The minimum Gasteiger partial charge on any atom is -0.301 e. The van der Waals surface area contributed by atoms with Gasteiger partial charge in [0.15, 0.2) is 11.0 Å². The zero-order valence-electron chi connectivity index (χ0n) is 13.6. The minimum atomic E-state index is -1.08. The number of hydrogen-bond donors (Lipinski definition) is 1. The fourth-order valence-electron chi connectivity index (χ4n) is 2.39. The second-order valence-corrected chi connectivity index (χ2v) is 7.31. The third-order valence-corrected chi connectivity index (χ3v) is 5.29. The van der Waals surface area contributed by atoms with Crippen LogP contribution in [-0.4, -0.2) is 23.1 Å². The molecule has 1 atom stereocenters. The van der Waals surface area contributed by atoms with Gasteiger partial charge in [-0.3, -0.25) is 19.5 Å². The lowest BCUT2D eigenvalue weighted by Crippen LogP contribution is -2.58. The number of nitrogens with one attached hydrogen (secondary N) is 1. The van der Waals surface area contributed by atoms with Crippen LogP contribution in [0.4, 0.5) is 11.4 Å². The third-order valence-electron chi connectivity index (χ3n) is 3.77. The number of nitrogens with zero attached hydrogens (tertiary/aromatic N) is 2. The van der Waals surface area contributed by atoms with Crippen LogP contribution in [0.25, 0.3) is 0 Å². The SMILES string of the molecule is Cc1ccc(N2C(=O)[C@@H](C=Nc3ccc(Br)c(Cl)c3)C(=O)NC2=S)cc1. The van der Waals surface area contributed by atoms with Gasteiger partial charge in [0.1, 0.15) is 0 Å². The van der Waals surface area contributed by atoms with Crippen molar-refractivity contribution in [2.24, 2.45) is 10.9 Å². The van der Waals surface area contributed by atoms with Crippen molar-refractivity contribution < 1.29 is 9.59 Å². The average molecular weight is 451 g/mol. The standard InChI is InChI=1S/C18H13BrClN3O2S/c1-10-2-5-12(6-3-10)23-17(25)13(16(24)22-18(23)26)9-21-11-4-7-14(19)15(20)8-11/h2-9,13H,1H3,(H,22,24,26)/t13-/m0/s1. The summed E-state index contributed by atoms with van der Waals surface area (Å²) in [5.74, 6) is -2.03. The van der Waals surface area contributed by atoms with Crippen LogP contribution in [0, 0.1) is 12.8 Å². The molecule has 0 bridgehead atoms. The average Bonchev–Trinajstić information content (AvgIpc) is 2.59. The molecule has 0 unspecified atom stereocenters. The zero-order chi connectivity index (χ0) is 18.8. The van der Waals surface area contributed by atoms with Crippen molar-refractivity contribution in [1.29, 1.82) is 0 Å². The lowest BCUT2D eigenvalue weighted by atomic mass is 10.1. The monoisotopic (exact) mass is 449 g/mol. The minimum absolute atomic E-state index is 0.0557. The van der Waals surface area contributed by atoms with Gasteiger partial charge in [-0.2, -0.15) is 0 Å². The first-order valence-corrected chi connectivity index (χ1v) is 9.19. The van der Waals surface area contributed by atoms with Crippen LogP contribution >= 0.6 is 39.7 Å². The molecule has 2 aromatic carbocycles. The van der Waals surface area contributed by atoms with Crippen LogP contribution in [0.1, 0.15) is 5.56 Å². The van der Waals surface area contributed by atoms with Crippen molar-refractivity contribution in [2.45, 2.75) is 6.92 Å². The zero-order valence-corrected chi connectivity index (χ0v) is 16.7. The molecule has 5 nitrogen and oxygen atoms in total. The molecule has 3 rings (SSSR count). The molecular weight excluding hydrogens is 438 g/mol. The van der Waals surface area contributed by atoms with Crippen molar-refractivity contribution in [2.75, 3.05) is 4.90 Å². The molecule has 1 heterocycles. The molecule has 26 heavy (non-hydrogen) atoms. The summed E-state index contributed by atoms with van der Waals surface area (Å²) in [7, 11) is 0. The fourth-order valence-corrected chi connectivity index (χ4v) is 3.10. The first-order chi connectivity index (χ1) is 12.4. The number of carbonyl (C=O) groups is 2. The van der Waals surface area contributed by atoms with Crippen molar-refractivity contribution in [1.82, 2.24) is 5.32 Å². The molecule has 1 aliphatic heterocycles. The number of halogens is 2. The number of amides is 2. The van der Waals surface area contributed by atoms with E-state index in [0.29, 0.717) is 16.4 Å². The number of aliphatic imine (C=N–C) groups is 1. The van der Waals surface area contributed by atoms with Gasteiger partial charge in [0.05, 0.1) is 16.4 Å². The van der Waals surface area contributed by atoms with E-state index in [4.69, 9.17) is 23.8 Å². The molecule has 8 heteroatoms. The Bertz CT molecular complexity index is 931. The van der Waals surface area contributed by atoms with E-state index in [2.05, 4.69) is 26.2 Å². The van der Waals surface area contributed by atoms with Crippen molar-refractivity contribution in [3.63, 3.8) is 0 Å². The molecule has 0 aliphatic carbocycles.